The highest BCUT2D eigenvalue weighted by Gasteiger charge is 2.34. The minimum atomic E-state index is -0.607. The molecule has 1 aliphatic rings. The molecule has 3 rings (SSSR count). The SMILES string of the molecule is NC(=O)COc1ccc(C(=O)NCCN2C(=O)SC(=Cc3cccc(Cl)c3Cl)C2=O)cc1. The summed E-state index contributed by atoms with van der Waals surface area (Å²) in [7, 11) is 0. The van der Waals surface area contributed by atoms with Gasteiger partial charge >= 0.3 is 0 Å². The Labute approximate surface area is 197 Å². The summed E-state index contributed by atoms with van der Waals surface area (Å²) < 4.78 is 5.13. The van der Waals surface area contributed by atoms with Crippen LogP contribution in [0.25, 0.3) is 6.08 Å². The molecule has 11 heteroatoms. The number of hydrogen-bond acceptors (Lipinski definition) is 6. The molecule has 0 saturated carbocycles. The van der Waals surface area contributed by atoms with Crippen molar-refractivity contribution in [3.05, 3.63) is 68.5 Å². The molecular weight excluding hydrogens is 477 g/mol. The summed E-state index contributed by atoms with van der Waals surface area (Å²) in [4.78, 5) is 49.1. The van der Waals surface area contributed by atoms with Crippen LogP contribution in [-0.4, -0.2) is 47.6 Å². The Morgan fingerprint density at radius 1 is 1.12 bits per heavy atom. The maximum atomic E-state index is 12.6. The number of nitrogens with two attached hydrogens (primary N) is 1. The van der Waals surface area contributed by atoms with E-state index in [0.29, 0.717) is 26.9 Å². The van der Waals surface area contributed by atoms with Gasteiger partial charge in [0.25, 0.3) is 23.0 Å². The van der Waals surface area contributed by atoms with E-state index in [-0.39, 0.29) is 30.5 Å². The zero-order valence-electron chi connectivity index (χ0n) is 16.5. The fourth-order valence-corrected chi connectivity index (χ4v) is 3.92. The molecule has 0 unspecified atom stereocenters. The van der Waals surface area contributed by atoms with Gasteiger partial charge in [0.15, 0.2) is 6.61 Å². The standard InChI is InChI=1S/C21H17Cl2N3O5S/c22-15-3-1-2-13(18(15)23)10-16-20(29)26(21(30)32-16)9-8-25-19(28)12-4-6-14(7-5-12)31-11-17(24)27/h1-7,10H,8-9,11H2,(H2,24,27)(H,25,28). The van der Waals surface area contributed by atoms with Crippen molar-refractivity contribution in [2.75, 3.05) is 19.7 Å². The molecule has 0 radical (unpaired) electrons. The smallest absolute Gasteiger partial charge is 0.293 e. The second-order valence-corrected chi connectivity index (χ2v) is 8.29. The molecule has 1 saturated heterocycles. The summed E-state index contributed by atoms with van der Waals surface area (Å²) in [6.07, 6.45) is 1.51. The molecular formula is C21H17Cl2N3O5S. The van der Waals surface area contributed by atoms with Crippen molar-refractivity contribution >= 4 is 64.0 Å². The van der Waals surface area contributed by atoms with E-state index in [1.807, 2.05) is 0 Å². The summed E-state index contributed by atoms with van der Waals surface area (Å²) >= 11 is 12.9. The number of thioether (sulfide) groups is 1. The molecule has 4 amide bonds. The van der Waals surface area contributed by atoms with Crippen LogP contribution in [0.5, 0.6) is 5.75 Å². The minimum absolute atomic E-state index is 0.0107. The van der Waals surface area contributed by atoms with Gasteiger partial charge < -0.3 is 15.8 Å². The van der Waals surface area contributed by atoms with Gasteiger partial charge in [-0.1, -0.05) is 35.3 Å². The maximum absolute atomic E-state index is 12.6. The van der Waals surface area contributed by atoms with E-state index < -0.39 is 17.1 Å². The van der Waals surface area contributed by atoms with Crippen LogP contribution >= 0.6 is 35.0 Å². The molecule has 0 aromatic heterocycles. The summed E-state index contributed by atoms with van der Waals surface area (Å²) in [6, 6.07) is 11.1. The van der Waals surface area contributed by atoms with Crippen LogP contribution in [0.15, 0.2) is 47.4 Å². The lowest BCUT2D eigenvalue weighted by Crippen LogP contribution is -2.37. The quantitative estimate of drug-likeness (QED) is 0.544. The van der Waals surface area contributed by atoms with Crippen molar-refractivity contribution in [1.29, 1.82) is 0 Å². The Hall–Kier alpha value is -3.01. The molecule has 1 heterocycles. The molecule has 1 fully saturated rings. The first-order valence-corrected chi connectivity index (χ1v) is 10.8. The van der Waals surface area contributed by atoms with E-state index in [2.05, 4.69) is 5.32 Å². The first kappa shape index (κ1) is 23.6. The predicted octanol–water partition coefficient (Wildman–Crippen LogP) is 3.32. The van der Waals surface area contributed by atoms with Gasteiger partial charge in [-0.05, 0) is 53.7 Å². The monoisotopic (exact) mass is 493 g/mol. The Morgan fingerprint density at radius 2 is 1.84 bits per heavy atom. The lowest BCUT2D eigenvalue weighted by molar-refractivity contribution is -0.122. The van der Waals surface area contributed by atoms with E-state index in [4.69, 9.17) is 33.7 Å². The maximum Gasteiger partial charge on any atom is 0.293 e. The fraction of sp³-hybridized carbons (Fsp3) is 0.143. The van der Waals surface area contributed by atoms with Gasteiger partial charge in [0, 0.05) is 18.7 Å². The molecule has 2 aromatic carbocycles. The Morgan fingerprint density at radius 3 is 2.53 bits per heavy atom. The molecule has 8 nitrogen and oxygen atoms in total. The second kappa shape index (κ2) is 10.5. The first-order chi connectivity index (χ1) is 15.3. The number of imide groups is 1. The Balaban J connectivity index is 1.55. The van der Waals surface area contributed by atoms with Crippen molar-refractivity contribution in [3.8, 4) is 5.75 Å². The topological polar surface area (TPSA) is 119 Å². The molecule has 0 aliphatic carbocycles. The van der Waals surface area contributed by atoms with Gasteiger partial charge in [0.1, 0.15) is 5.75 Å². The van der Waals surface area contributed by atoms with Gasteiger partial charge in [0.2, 0.25) is 0 Å². The van der Waals surface area contributed by atoms with Gasteiger partial charge in [-0.25, -0.2) is 0 Å². The Kier molecular flexibility index (Phi) is 7.79. The van der Waals surface area contributed by atoms with Crippen LogP contribution in [-0.2, 0) is 9.59 Å². The minimum Gasteiger partial charge on any atom is -0.484 e. The van der Waals surface area contributed by atoms with Crippen LogP contribution < -0.4 is 15.8 Å². The summed E-state index contributed by atoms with van der Waals surface area (Å²) in [5, 5.41) is 2.84. The number of rotatable bonds is 8. The number of hydrogen-bond donors (Lipinski definition) is 2. The lowest BCUT2D eigenvalue weighted by atomic mass is 10.2. The normalized spacial score (nSPS) is 14.7. The van der Waals surface area contributed by atoms with E-state index in [0.717, 1.165) is 16.7 Å². The van der Waals surface area contributed by atoms with Gasteiger partial charge in [-0.15, -0.1) is 0 Å². The number of ether oxygens (including phenoxy) is 1. The number of amides is 4. The van der Waals surface area contributed by atoms with Crippen LogP contribution in [0, 0.1) is 0 Å². The molecule has 32 heavy (non-hydrogen) atoms. The van der Waals surface area contributed by atoms with Gasteiger partial charge in [0.05, 0.1) is 15.0 Å². The average Bonchev–Trinajstić information content (AvgIpc) is 3.03. The highest BCUT2D eigenvalue weighted by molar-refractivity contribution is 8.18. The highest BCUT2D eigenvalue weighted by Crippen LogP contribution is 2.34. The van der Waals surface area contributed by atoms with Crippen LogP contribution in [0.2, 0.25) is 10.0 Å². The second-order valence-electron chi connectivity index (χ2n) is 6.51. The van der Waals surface area contributed by atoms with E-state index >= 15 is 0 Å². The predicted molar refractivity (Wildman–Crippen MR) is 123 cm³/mol. The summed E-state index contributed by atoms with van der Waals surface area (Å²) in [5.74, 6) is -1.07. The number of benzene rings is 2. The molecule has 166 valence electrons. The van der Waals surface area contributed by atoms with Crippen molar-refractivity contribution in [3.63, 3.8) is 0 Å². The van der Waals surface area contributed by atoms with Crippen molar-refractivity contribution in [2.45, 2.75) is 0 Å². The third kappa shape index (κ3) is 5.82. The zero-order valence-corrected chi connectivity index (χ0v) is 18.8. The molecule has 1 aliphatic heterocycles. The highest BCUT2D eigenvalue weighted by atomic mass is 35.5. The summed E-state index contributed by atoms with van der Waals surface area (Å²) in [5.41, 5.74) is 5.89. The van der Waals surface area contributed by atoms with E-state index in [1.165, 1.54) is 30.3 Å². The number of primary amides is 1. The lowest BCUT2D eigenvalue weighted by Gasteiger charge is -2.13. The number of halogens is 2. The molecule has 2 aromatic rings. The zero-order chi connectivity index (χ0) is 23.3. The van der Waals surface area contributed by atoms with Gasteiger partial charge in [-0.3, -0.25) is 24.1 Å². The summed E-state index contributed by atoms with van der Waals surface area (Å²) in [6.45, 7) is -0.180. The van der Waals surface area contributed by atoms with Gasteiger partial charge in [-0.2, -0.15) is 0 Å². The van der Waals surface area contributed by atoms with Crippen LogP contribution in [0.4, 0.5) is 4.79 Å². The third-order valence-electron chi connectivity index (χ3n) is 4.26. The Bertz CT molecular complexity index is 1110. The molecule has 0 atom stereocenters. The van der Waals surface area contributed by atoms with Crippen molar-refractivity contribution < 1.29 is 23.9 Å². The number of carbonyl (C=O) groups excluding carboxylic acids is 4. The van der Waals surface area contributed by atoms with Crippen molar-refractivity contribution in [2.24, 2.45) is 5.73 Å². The fourth-order valence-electron chi connectivity index (χ4n) is 2.71. The van der Waals surface area contributed by atoms with Crippen LogP contribution in [0.1, 0.15) is 15.9 Å². The number of nitrogens with one attached hydrogen (secondary N) is 1. The van der Waals surface area contributed by atoms with E-state index in [9.17, 15) is 19.2 Å². The molecule has 3 N–H and O–H groups in total. The molecule has 0 spiro atoms. The number of nitrogens with zero attached hydrogens (tertiary/aromatic N) is 1. The largest absolute Gasteiger partial charge is 0.484 e. The first-order valence-electron chi connectivity index (χ1n) is 9.25. The number of carbonyl (C=O) groups is 4. The van der Waals surface area contributed by atoms with E-state index in [1.54, 1.807) is 18.2 Å². The average molecular weight is 494 g/mol. The third-order valence-corrected chi connectivity index (χ3v) is 6.00. The van der Waals surface area contributed by atoms with Crippen molar-refractivity contribution in [1.82, 2.24) is 10.2 Å². The van der Waals surface area contributed by atoms with Crippen LogP contribution in [0.3, 0.4) is 0 Å². The molecule has 0 bridgehead atoms.